The number of anilines is 2. The number of amides is 2. The number of carbonyl (C=O) groups excluding carboxylic acids is 2. The summed E-state index contributed by atoms with van der Waals surface area (Å²) in [4.78, 5) is 26.3. The third-order valence-corrected chi connectivity index (χ3v) is 5.72. The van der Waals surface area contributed by atoms with Crippen LogP contribution in [0.2, 0.25) is 0 Å². The van der Waals surface area contributed by atoms with E-state index in [0.29, 0.717) is 5.92 Å². The van der Waals surface area contributed by atoms with Crippen molar-refractivity contribution in [2.24, 2.45) is 11.8 Å². The predicted molar refractivity (Wildman–Crippen MR) is 103 cm³/mol. The lowest BCUT2D eigenvalue weighted by molar-refractivity contribution is -0.118. The fraction of sp³-hybridized carbons (Fsp3) is 0.400. The molecule has 0 spiro atoms. The first kappa shape index (κ1) is 17.7. The fourth-order valence-electron chi connectivity index (χ4n) is 2.93. The maximum absolute atomic E-state index is 12.5. The van der Waals surface area contributed by atoms with E-state index in [2.05, 4.69) is 17.6 Å². The van der Waals surface area contributed by atoms with Crippen molar-refractivity contribution in [3.63, 3.8) is 0 Å². The largest absolute Gasteiger partial charge is 0.326 e. The maximum atomic E-state index is 12.5. The molecule has 0 radical (unpaired) electrons. The van der Waals surface area contributed by atoms with Gasteiger partial charge in [0, 0.05) is 22.2 Å². The highest BCUT2D eigenvalue weighted by atomic mass is 32.1. The second-order valence-electron chi connectivity index (χ2n) is 7.08. The van der Waals surface area contributed by atoms with Gasteiger partial charge in [-0.05, 0) is 61.1 Å². The first-order chi connectivity index (χ1) is 11.9. The molecule has 1 aliphatic carbocycles. The Morgan fingerprint density at radius 2 is 1.76 bits per heavy atom. The lowest BCUT2D eigenvalue weighted by Crippen LogP contribution is -2.17. The summed E-state index contributed by atoms with van der Waals surface area (Å²) < 4.78 is 0. The van der Waals surface area contributed by atoms with E-state index in [-0.39, 0.29) is 17.7 Å². The van der Waals surface area contributed by atoms with Gasteiger partial charge in [-0.25, -0.2) is 0 Å². The predicted octanol–water partition coefficient (Wildman–Crippen LogP) is 4.72. The van der Waals surface area contributed by atoms with E-state index >= 15 is 0 Å². The highest BCUT2D eigenvalue weighted by Crippen LogP contribution is 2.32. The second kappa shape index (κ2) is 7.40. The van der Waals surface area contributed by atoms with E-state index in [4.69, 9.17) is 0 Å². The average Bonchev–Trinajstić information content (AvgIpc) is 2.99. The zero-order valence-corrected chi connectivity index (χ0v) is 15.7. The third-order valence-electron chi connectivity index (χ3n) is 4.49. The van der Waals surface area contributed by atoms with Gasteiger partial charge in [-0.3, -0.25) is 9.59 Å². The number of nitrogens with one attached hydrogen (secondary N) is 2. The topological polar surface area (TPSA) is 58.2 Å². The van der Waals surface area contributed by atoms with Crippen molar-refractivity contribution in [2.75, 3.05) is 10.6 Å². The average molecular weight is 356 g/mol. The van der Waals surface area contributed by atoms with Crippen molar-refractivity contribution < 1.29 is 9.59 Å². The Morgan fingerprint density at radius 1 is 1.12 bits per heavy atom. The van der Waals surface area contributed by atoms with Crippen LogP contribution in [0, 0.1) is 11.8 Å². The number of aryl methyl sites for hydroxylation is 1. The first-order valence-corrected chi connectivity index (χ1v) is 9.58. The minimum Gasteiger partial charge on any atom is -0.326 e. The normalized spacial score (nSPS) is 16.4. The summed E-state index contributed by atoms with van der Waals surface area (Å²) >= 11 is 1.61. The molecule has 1 aromatic heterocycles. The van der Waals surface area contributed by atoms with Gasteiger partial charge < -0.3 is 10.6 Å². The van der Waals surface area contributed by atoms with Gasteiger partial charge in [0.15, 0.2) is 0 Å². The van der Waals surface area contributed by atoms with Crippen molar-refractivity contribution in [3.05, 3.63) is 45.6 Å². The monoisotopic (exact) mass is 356 g/mol. The molecule has 132 valence electrons. The van der Waals surface area contributed by atoms with Crippen LogP contribution in [0.4, 0.5) is 11.4 Å². The van der Waals surface area contributed by atoms with E-state index in [1.165, 1.54) is 16.9 Å². The zero-order chi connectivity index (χ0) is 18.0. The Kier molecular flexibility index (Phi) is 5.23. The molecule has 3 rings (SSSR count). The van der Waals surface area contributed by atoms with Crippen LogP contribution in [0.1, 0.15) is 47.3 Å². The van der Waals surface area contributed by atoms with E-state index < -0.39 is 0 Å². The van der Waals surface area contributed by atoms with Gasteiger partial charge in [0.25, 0.3) is 5.91 Å². The van der Waals surface area contributed by atoms with Gasteiger partial charge in [-0.2, -0.15) is 0 Å². The van der Waals surface area contributed by atoms with Crippen LogP contribution in [0.5, 0.6) is 0 Å². The number of hydrogen-bond acceptors (Lipinski definition) is 3. The Bertz CT molecular complexity index is 777. The molecule has 2 aromatic rings. The molecule has 0 saturated carbocycles. The van der Waals surface area contributed by atoms with E-state index in [0.717, 1.165) is 29.1 Å². The summed E-state index contributed by atoms with van der Waals surface area (Å²) in [6.07, 6.45) is 3.36. The smallest absolute Gasteiger partial charge is 0.265 e. The number of thiophene rings is 1. The highest BCUT2D eigenvalue weighted by molar-refractivity contribution is 7.14. The van der Waals surface area contributed by atoms with Crippen LogP contribution < -0.4 is 10.6 Å². The van der Waals surface area contributed by atoms with Crippen molar-refractivity contribution in [1.29, 1.82) is 0 Å². The molecule has 25 heavy (non-hydrogen) atoms. The van der Waals surface area contributed by atoms with Crippen molar-refractivity contribution >= 4 is 34.5 Å². The molecule has 0 saturated heterocycles. The number of fused-ring (bicyclic) bond motifs is 1. The molecule has 0 aliphatic heterocycles. The Morgan fingerprint density at radius 3 is 2.40 bits per heavy atom. The first-order valence-electron chi connectivity index (χ1n) is 8.76. The highest BCUT2D eigenvalue weighted by Gasteiger charge is 2.20. The van der Waals surface area contributed by atoms with Crippen LogP contribution in [-0.2, 0) is 17.6 Å². The molecule has 4 nitrogen and oxygen atoms in total. The SMILES string of the molecule is CC1CCc2sc(C(=O)Nc3ccc(NC(=O)C(C)C)cc3)cc2C1. The summed E-state index contributed by atoms with van der Waals surface area (Å²) in [5.74, 6) is 0.555. The van der Waals surface area contributed by atoms with Crippen LogP contribution in [0.3, 0.4) is 0 Å². The second-order valence-corrected chi connectivity index (χ2v) is 8.22. The molecule has 2 amide bonds. The Balaban J connectivity index is 1.64. The minimum atomic E-state index is -0.0639. The van der Waals surface area contributed by atoms with Crippen LogP contribution >= 0.6 is 11.3 Å². The molecule has 5 heteroatoms. The van der Waals surface area contributed by atoms with Gasteiger partial charge in [0.2, 0.25) is 5.91 Å². The summed E-state index contributed by atoms with van der Waals surface area (Å²) in [6, 6.07) is 9.27. The lowest BCUT2D eigenvalue weighted by atomic mass is 9.90. The zero-order valence-electron chi connectivity index (χ0n) is 14.9. The molecule has 1 heterocycles. The van der Waals surface area contributed by atoms with Gasteiger partial charge in [-0.1, -0.05) is 20.8 Å². The van der Waals surface area contributed by atoms with Crippen LogP contribution in [0.25, 0.3) is 0 Å². The summed E-state index contributed by atoms with van der Waals surface area (Å²) in [5, 5.41) is 5.78. The third kappa shape index (κ3) is 4.28. The maximum Gasteiger partial charge on any atom is 0.265 e. The summed E-state index contributed by atoms with van der Waals surface area (Å²) in [6.45, 7) is 5.97. The van der Waals surface area contributed by atoms with Gasteiger partial charge in [0.05, 0.1) is 4.88 Å². The molecule has 1 unspecified atom stereocenters. The molecule has 1 aliphatic rings. The van der Waals surface area contributed by atoms with E-state index in [1.54, 1.807) is 23.5 Å². The summed E-state index contributed by atoms with van der Waals surface area (Å²) in [5.41, 5.74) is 2.80. The molecular weight excluding hydrogens is 332 g/mol. The van der Waals surface area contributed by atoms with Crippen LogP contribution in [-0.4, -0.2) is 11.8 Å². The molecule has 1 aromatic carbocycles. The molecule has 0 bridgehead atoms. The molecule has 2 N–H and O–H groups in total. The Labute approximate surface area is 152 Å². The van der Waals surface area contributed by atoms with E-state index in [1.807, 2.05) is 32.0 Å². The van der Waals surface area contributed by atoms with Gasteiger partial charge >= 0.3 is 0 Å². The van der Waals surface area contributed by atoms with Crippen molar-refractivity contribution in [2.45, 2.75) is 40.0 Å². The Hall–Kier alpha value is -2.14. The molecule has 0 fully saturated rings. The number of carbonyl (C=O) groups is 2. The molecular formula is C20H24N2O2S. The number of rotatable bonds is 4. The standard InChI is InChI=1S/C20H24N2O2S/c1-12(2)19(23)21-15-5-7-16(8-6-15)22-20(24)18-11-14-10-13(3)4-9-17(14)25-18/h5-8,11-13H,4,9-10H2,1-3H3,(H,21,23)(H,22,24). The van der Waals surface area contributed by atoms with Crippen LogP contribution in [0.15, 0.2) is 30.3 Å². The fourth-order valence-corrected chi connectivity index (χ4v) is 4.04. The number of hydrogen-bond donors (Lipinski definition) is 2. The molecule has 1 atom stereocenters. The number of benzene rings is 1. The van der Waals surface area contributed by atoms with Crippen molar-refractivity contribution in [1.82, 2.24) is 0 Å². The minimum absolute atomic E-state index is 0.0184. The summed E-state index contributed by atoms with van der Waals surface area (Å²) in [7, 11) is 0. The van der Waals surface area contributed by atoms with Crippen molar-refractivity contribution in [3.8, 4) is 0 Å². The quantitative estimate of drug-likeness (QED) is 0.833. The lowest BCUT2D eigenvalue weighted by Gasteiger charge is -2.16. The van der Waals surface area contributed by atoms with Gasteiger partial charge in [0.1, 0.15) is 0 Å². The van der Waals surface area contributed by atoms with Gasteiger partial charge in [-0.15, -0.1) is 11.3 Å². The van der Waals surface area contributed by atoms with E-state index in [9.17, 15) is 9.59 Å².